The predicted octanol–water partition coefficient (Wildman–Crippen LogP) is 0.758. The molecule has 3 rings (SSSR count). The second kappa shape index (κ2) is 5.95. The van der Waals surface area contributed by atoms with Gasteiger partial charge in [0.05, 0.1) is 26.3 Å². The van der Waals surface area contributed by atoms with E-state index in [4.69, 9.17) is 9.47 Å². The first kappa shape index (κ1) is 14.8. The Kier molecular flexibility index (Phi) is 3.83. The third-order valence-corrected chi connectivity index (χ3v) is 3.45. The van der Waals surface area contributed by atoms with E-state index in [-0.39, 0.29) is 24.2 Å². The fourth-order valence-corrected chi connectivity index (χ4v) is 2.28. The number of aromatic nitrogens is 3. The third kappa shape index (κ3) is 2.80. The van der Waals surface area contributed by atoms with Gasteiger partial charge in [-0.1, -0.05) is 0 Å². The number of rotatable bonds is 4. The molecule has 1 amide bonds. The van der Waals surface area contributed by atoms with E-state index < -0.39 is 6.04 Å². The van der Waals surface area contributed by atoms with Crippen molar-refractivity contribution in [3.05, 3.63) is 24.5 Å². The van der Waals surface area contributed by atoms with E-state index in [1.807, 2.05) is 0 Å². The van der Waals surface area contributed by atoms with Crippen LogP contribution >= 0.6 is 0 Å². The Morgan fingerprint density at radius 2 is 2.22 bits per heavy atom. The average Bonchev–Trinajstić information content (AvgIpc) is 3.03. The molecule has 1 atom stereocenters. The zero-order chi connectivity index (χ0) is 16.4. The average molecular weight is 317 g/mol. The number of ether oxygens (including phenoxy) is 2. The summed E-state index contributed by atoms with van der Waals surface area (Å²) in [5.74, 6) is 0.644. The zero-order valence-corrected chi connectivity index (χ0v) is 12.6. The summed E-state index contributed by atoms with van der Waals surface area (Å²) in [6.07, 6.45) is 1.24. The molecule has 0 radical (unpaired) electrons. The number of methoxy groups -OCH3 is 2. The van der Waals surface area contributed by atoms with E-state index in [0.717, 1.165) is 4.68 Å². The molecule has 1 aromatic heterocycles. The van der Waals surface area contributed by atoms with Crippen LogP contribution in [-0.4, -0.2) is 46.8 Å². The summed E-state index contributed by atoms with van der Waals surface area (Å²) < 4.78 is 11.5. The zero-order valence-electron chi connectivity index (χ0n) is 12.6. The highest BCUT2D eigenvalue weighted by Gasteiger charge is 2.31. The Balaban J connectivity index is 1.79. The molecular formula is C14H15N5O4. The highest BCUT2D eigenvalue weighted by molar-refractivity contribution is 6.01. The van der Waals surface area contributed by atoms with E-state index in [1.165, 1.54) is 20.5 Å². The molecule has 9 heteroatoms. The summed E-state index contributed by atoms with van der Waals surface area (Å²) in [5.41, 5.74) is 0.457. The highest BCUT2D eigenvalue weighted by Crippen LogP contribution is 2.29. The van der Waals surface area contributed by atoms with Crippen molar-refractivity contribution in [2.24, 2.45) is 0 Å². The van der Waals surface area contributed by atoms with Gasteiger partial charge in [-0.2, -0.15) is 14.8 Å². The van der Waals surface area contributed by atoms with E-state index >= 15 is 0 Å². The minimum Gasteiger partial charge on any atom is -0.497 e. The van der Waals surface area contributed by atoms with Gasteiger partial charge >= 0.3 is 0 Å². The predicted molar refractivity (Wildman–Crippen MR) is 80.9 cm³/mol. The molecule has 2 N–H and O–H groups in total. The lowest BCUT2D eigenvalue weighted by Crippen LogP contribution is -2.42. The van der Waals surface area contributed by atoms with Gasteiger partial charge in [0.25, 0.3) is 5.91 Å². The van der Waals surface area contributed by atoms with Crippen molar-refractivity contribution in [3.63, 3.8) is 0 Å². The van der Waals surface area contributed by atoms with E-state index in [1.54, 1.807) is 18.2 Å². The fourth-order valence-electron chi connectivity index (χ4n) is 2.28. The topological polar surface area (TPSA) is 107 Å². The molecule has 0 fully saturated rings. The van der Waals surface area contributed by atoms with Gasteiger partial charge in [-0.3, -0.25) is 9.59 Å². The van der Waals surface area contributed by atoms with Gasteiger partial charge in [0, 0.05) is 6.07 Å². The number of hydrogen-bond donors (Lipinski definition) is 2. The van der Waals surface area contributed by atoms with Crippen LogP contribution < -0.4 is 20.1 Å². The number of amides is 1. The summed E-state index contributed by atoms with van der Waals surface area (Å²) in [6, 6.07) is 4.31. The summed E-state index contributed by atoms with van der Waals surface area (Å²) in [6.45, 7) is 0. The largest absolute Gasteiger partial charge is 0.497 e. The van der Waals surface area contributed by atoms with Gasteiger partial charge < -0.3 is 20.1 Å². The first-order valence-electron chi connectivity index (χ1n) is 6.85. The minimum atomic E-state index is -0.741. The maximum Gasteiger partial charge on any atom is 0.252 e. The smallest absolute Gasteiger partial charge is 0.252 e. The molecule has 0 unspecified atom stereocenters. The van der Waals surface area contributed by atoms with Gasteiger partial charge in [-0.15, -0.1) is 0 Å². The second-order valence-electron chi connectivity index (χ2n) is 4.85. The van der Waals surface area contributed by atoms with Crippen LogP contribution in [-0.2, 0) is 4.79 Å². The normalized spacial score (nSPS) is 16.3. The van der Waals surface area contributed by atoms with E-state index in [9.17, 15) is 9.59 Å². The Hall–Kier alpha value is -3.10. The van der Waals surface area contributed by atoms with Gasteiger partial charge in [-0.05, 0) is 12.1 Å². The molecule has 0 spiro atoms. The lowest BCUT2D eigenvalue weighted by Gasteiger charge is -2.23. The first-order chi connectivity index (χ1) is 11.1. The summed E-state index contributed by atoms with van der Waals surface area (Å²) in [5, 5.41) is 9.40. The summed E-state index contributed by atoms with van der Waals surface area (Å²) in [4.78, 5) is 28.3. The molecule has 2 heterocycles. The number of anilines is 2. The van der Waals surface area contributed by atoms with Crippen LogP contribution in [0.5, 0.6) is 11.5 Å². The fraction of sp³-hybridized carbons (Fsp3) is 0.286. The maximum atomic E-state index is 12.4. The quantitative estimate of drug-likeness (QED) is 0.857. The molecule has 0 aliphatic carbocycles. The van der Waals surface area contributed by atoms with Crippen LogP contribution in [0.15, 0.2) is 24.5 Å². The lowest BCUT2D eigenvalue weighted by atomic mass is 10.1. The van der Waals surface area contributed by atoms with Crippen molar-refractivity contribution in [2.45, 2.75) is 12.5 Å². The van der Waals surface area contributed by atoms with Crippen molar-refractivity contribution in [1.29, 1.82) is 0 Å². The third-order valence-electron chi connectivity index (χ3n) is 3.45. The van der Waals surface area contributed by atoms with E-state index in [2.05, 4.69) is 20.7 Å². The Labute approximate surface area is 131 Å². The van der Waals surface area contributed by atoms with Crippen LogP contribution in [0.25, 0.3) is 0 Å². The van der Waals surface area contributed by atoms with Crippen LogP contribution in [0.4, 0.5) is 11.6 Å². The molecule has 0 saturated carbocycles. The molecule has 9 nitrogen and oxygen atoms in total. The molecule has 0 saturated heterocycles. The van der Waals surface area contributed by atoms with Gasteiger partial charge in [0.2, 0.25) is 11.9 Å². The molecule has 23 heavy (non-hydrogen) atoms. The van der Waals surface area contributed by atoms with Crippen LogP contribution in [0.2, 0.25) is 0 Å². The van der Waals surface area contributed by atoms with Crippen LogP contribution in [0.1, 0.15) is 11.2 Å². The Morgan fingerprint density at radius 1 is 1.39 bits per heavy atom. The second-order valence-corrected chi connectivity index (χ2v) is 4.85. The maximum absolute atomic E-state index is 12.4. The van der Waals surface area contributed by atoms with Crippen molar-refractivity contribution in [1.82, 2.24) is 14.8 Å². The number of nitrogens with zero attached hydrogens (tertiary/aromatic N) is 3. The number of benzene rings is 1. The Bertz CT molecular complexity index is 757. The molecule has 1 aromatic carbocycles. The van der Waals surface area contributed by atoms with Crippen molar-refractivity contribution in [3.8, 4) is 11.5 Å². The number of fused-ring (bicyclic) bond motifs is 1. The number of carbonyl (C=O) groups is 2. The van der Waals surface area contributed by atoms with Crippen LogP contribution in [0.3, 0.4) is 0 Å². The van der Waals surface area contributed by atoms with Crippen molar-refractivity contribution in [2.75, 3.05) is 24.9 Å². The van der Waals surface area contributed by atoms with Crippen molar-refractivity contribution < 1.29 is 19.1 Å². The number of hydrogen-bond acceptors (Lipinski definition) is 7. The molecular weight excluding hydrogens is 302 g/mol. The highest BCUT2D eigenvalue weighted by atomic mass is 16.5. The molecule has 1 aliphatic heterocycles. The lowest BCUT2D eigenvalue weighted by molar-refractivity contribution is -0.117. The number of nitrogens with one attached hydrogen (secondary N) is 2. The van der Waals surface area contributed by atoms with Gasteiger partial charge in [0.15, 0.2) is 0 Å². The van der Waals surface area contributed by atoms with Gasteiger partial charge in [0.1, 0.15) is 23.9 Å². The monoisotopic (exact) mass is 317 g/mol. The molecule has 120 valence electrons. The van der Waals surface area contributed by atoms with Crippen LogP contribution in [0, 0.1) is 0 Å². The SMILES string of the molecule is COc1ccc(OC)c(NC(=O)[C@H]2CC(=O)n3ncnc3N2)c1. The first-order valence-corrected chi connectivity index (χ1v) is 6.85. The summed E-state index contributed by atoms with van der Waals surface area (Å²) in [7, 11) is 3.03. The minimum absolute atomic E-state index is 0.0194. The molecule has 0 bridgehead atoms. The number of carbonyl (C=O) groups excluding carboxylic acids is 2. The van der Waals surface area contributed by atoms with E-state index in [0.29, 0.717) is 17.2 Å². The standard InChI is InChI=1S/C14H15N5O4/c1-22-8-3-4-11(23-2)9(5-8)17-13(21)10-6-12(20)19-14(18-10)15-7-16-19/h3-5,7,10H,6H2,1-2H3,(H,17,21)(H,15,16,18)/t10-/m1/s1. The van der Waals surface area contributed by atoms with Crippen molar-refractivity contribution >= 4 is 23.5 Å². The van der Waals surface area contributed by atoms with Gasteiger partial charge in [-0.25, -0.2) is 0 Å². The molecule has 2 aromatic rings. The molecule has 1 aliphatic rings. The Morgan fingerprint density at radius 3 is 2.96 bits per heavy atom. The summed E-state index contributed by atoms with van der Waals surface area (Å²) >= 11 is 0.